The number of thioether (sulfide) groups is 1. The minimum Gasteiger partial charge on any atom is -0.497 e. The first-order valence-electron chi connectivity index (χ1n) is 8.18. The van der Waals surface area contributed by atoms with E-state index in [1.807, 2.05) is 47.4 Å². The van der Waals surface area contributed by atoms with Crippen LogP contribution in [-0.4, -0.2) is 32.8 Å². The highest BCUT2D eigenvalue weighted by Crippen LogP contribution is 2.28. The first-order valence-corrected chi connectivity index (χ1v) is 9.98. The zero-order chi connectivity index (χ0) is 17.3. The molecular weight excluding hydrogens is 354 g/mol. The van der Waals surface area contributed by atoms with Gasteiger partial charge in [-0.15, -0.1) is 10.2 Å². The zero-order valence-corrected chi connectivity index (χ0v) is 15.7. The van der Waals surface area contributed by atoms with Crippen molar-refractivity contribution in [3.8, 4) is 5.75 Å². The van der Waals surface area contributed by atoms with Gasteiger partial charge in [0.2, 0.25) is 5.13 Å². The second kappa shape index (κ2) is 9.43. The molecule has 6 nitrogen and oxygen atoms in total. The average molecular weight is 376 g/mol. The summed E-state index contributed by atoms with van der Waals surface area (Å²) in [6.45, 7) is 0.992. The molecule has 0 amide bonds. The third-order valence-corrected chi connectivity index (χ3v) is 5.62. The third-order valence-electron chi connectivity index (χ3n) is 3.56. The maximum absolute atomic E-state index is 5.16. The highest BCUT2D eigenvalue weighted by molar-refractivity contribution is 8.01. The predicted octanol–water partition coefficient (Wildman–Crippen LogP) is 4.45. The number of rotatable bonds is 10. The van der Waals surface area contributed by atoms with Crippen LogP contribution in [0.3, 0.4) is 0 Å². The second-order valence-electron chi connectivity index (χ2n) is 5.40. The largest absolute Gasteiger partial charge is 0.497 e. The van der Waals surface area contributed by atoms with Gasteiger partial charge in [0.15, 0.2) is 4.34 Å². The van der Waals surface area contributed by atoms with E-state index in [1.54, 1.807) is 30.2 Å². The van der Waals surface area contributed by atoms with Gasteiger partial charge < -0.3 is 10.1 Å². The van der Waals surface area contributed by atoms with Crippen molar-refractivity contribution in [3.63, 3.8) is 0 Å². The highest BCUT2D eigenvalue weighted by Gasteiger charge is 2.05. The number of nitrogens with zero attached hydrogens (tertiary/aromatic N) is 4. The molecule has 0 aliphatic rings. The fourth-order valence-electron chi connectivity index (χ4n) is 2.26. The maximum atomic E-state index is 5.16. The molecule has 0 saturated carbocycles. The van der Waals surface area contributed by atoms with Crippen molar-refractivity contribution in [3.05, 3.63) is 42.7 Å². The molecule has 0 fully saturated rings. The topological polar surface area (TPSA) is 64.9 Å². The van der Waals surface area contributed by atoms with Crippen molar-refractivity contribution in [2.24, 2.45) is 0 Å². The van der Waals surface area contributed by atoms with Crippen molar-refractivity contribution in [2.75, 3.05) is 18.2 Å². The SMILES string of the molecule is COc1ccc(Nc2nnc(SCCCCCn3cccn3)s2)cc1. The van der Waals surface area contributed by atoms with E-state index < -0.39 is 0 Å². The molecule has 0 spiro atoms. The number of hydrogen-bond acceptors (Lipinski definition) is 7. The van der Waals surface area contributed by atoms with Gasteiger partial charge in [-0.25, -0.2) is 0 Å². The second-order valence-corrected chi connectivity index (χ2v) is 7.72. The number of hydrogen-bond donors (Lipinski definition) is 1. The number of aryl methyl sites for hydroxylation is 1. The molecule has 0 atom stereocenters. The molecule has 132 valence electrons. The molecule has 0 radical (unpaired) electrons. The number of ether oxygens (including phenoxy) is 1. The normalized spacial score (nSPS) is 10.8. The van der Waals surface area contributed by atoms with Crippen LogP contribution in [0.1, 0.15) is 19.3 Å². The Balaban J connectivity index is 1.35. The Labute approximate surface area is 155 Å². The molecular formula is C17H21N5OS2. The van der Waals surface area contributed by atoms with E-state index in [0.29, 0.717) is 0 Å². The van der Waals surface area contributed by atoms with E-state index in [-0.39, 0.29) is 0 Å². The lowest BCUT2D eigenvalue weighted by Crippen LogP contribution is -1.97. The number of benzene rings is 1. The summed E-state index contributed by atoms with van der Waals surface area (Å²) >= 11 is 3.35. The Hall–Kier alpha value is -2.06. The van der Waals surface area contributed by atoms with Crippen molar-refractivity contribution >= 4 is 33.9 Å². The Morgan fingerprint density at radius 1 is 1.16 bits per heavy atom. The monoisotopic (exact) mass is 375 g/mol. The summed E-state index contributed by atoms with van der Waals surface area (Å²) in [5, 5.41) is 16.7. The van der Waals surface area contributed by atoms with Crippen molar-refractivity contribution < 1.29 is 4.74 Å². The van der Waals surface area contributed by atoms with Crippen LogP contribution in [0.4, 0.5) is 10.8 Å². The smallest absolute Gasteiger partial charge is 0.210 e. The minimum absolute atomic E-state index is 0.811. The average Bonchev–Trinajstić information content (AvgIpc) is 3.31. The van der Waals surface area contributed by atoms with Crippen LogP contribution in [0.15, 0.2) is 47.1 Å². The highest BCUT2D eigenvalue weighted by atomic mass is 32.2. The molecule has 3 aromatic rings. The van der Waals surface area contributed by atoms with Crippen LogP contribution in [0.5, 0.6) is 5.75 Å². The Morgan fingerprint density at radius 2 is 2.04 bits per heavy atom. The minimum atomic E-state index is 0.811. The third kappa shape index (κ3) is 5.75. The quantitative estimate of drug-likeness (QED) is 0.417. The number of methoxy groups -OCH3 is 1. The summed E-state index contributed by atoms with van der Waals surface area (Å²) in [4.78, 5) is 0. The summed E-state index contributed by atoms with van der Waals surface area (Å²) in [7, 11) is 1.66. The Kier molecular flexibility index (Phi) is 6.70. The zero-order valence-electron chi connectivity index (χ0n) is 14.1. The van der Waals surface area contributed by atoms with Crippen molar-refractivity contribution in [1.29, 1.82) is 0 Å². The predicted molar refractivity (Wildman–Crippen MR) is 103 cm³/mol. The molecule has 3 rings (SSSR count). The summed E-state index contributed by atoms with van der Waals surface area (Å²) in [5.74, 6) is 1.91. The molecule has 0 saturated heterocycles. The van der Waals surface area contributed by atoms with E-state index in [9.17, 15) is 0 Å². The summed E-state index contributed by atoms with van der Waals surface area (Å²) in [6, 6.07) is 9.73. The molecule has 2 aromatic heterocycles. The van der Waals surface area contributed by atoms with E-state index in [2.05, 4.69) is 20.6 Å². The van der Waals surface area contributed by atoms with Crippen LogP contribution in [0.2, 0.25) is 0 Å². The number of aromatic nitrogens is 4. The van der Waals surface area contributed by atoms with Crippen LogP contribution in [0, 0.1) is 0 Å². The molecule has 0 aliphatic carbocycles. The van der Waals surface area contributed by atoms with Crippen LogP contribution < -0.4 is 10.1 Å². The van der Waals surface area contributed by atoms with Crippen molar-refractivity contribution in [2.45, 2.75) is 30.1 Å². The number of nitrogens with one attached hydrogen (secondary N) is 1. The fraction of sp³-hybridized carbons (Fsp3) is 0.353. The van der Waals surface area contributed by atoms with Gasteiger partial charge in [-0.05, 0) is 43.2 Å². The number of unbranched alkanes of at least 4 members (excludes halogenated alkanes) is 2. The van der Waals surface area contributed by atoms with Gasteiger partial charge in [0.25, 0.3) is 0 Å². The van der Waals surface area contributed by atoms with Crippen LogP contribution >= 0.6 is 23.1 Å². The van der Waals surface area contributed by atoms with E-state index >= 15 is 0 Å². The van der Waals surface area contributed by atoms with Gasteiger partial charge >= 0.3 is 0 Å². The molecule has 2 heterocycles. The standard InChI is InChI=1S/C17H21N5OS2/c1-23-15-8-6-14(7-9-15)19-16-20-21-17(25-16)24-13-4-2-3-11-22-12-5-10-18-22/h5-10,12H,2-4,11,13H2,1H3,(H,19,20). The fourth-order valence-corrected chi connectivity index (χ4v) is 4.10. The Morgan fingerprint density at radius 3 is 2.80 bits per heavy atom. The van der Waals surface area contributed by atoms with Crippen LogP contribution in [0.25, 0.3) is 0 Å². The maximum Gasteiger partial charge on any atom is 0.210 e. The van der Waals surface area contributed by atoms with Gasteiger partial charge in [-0.3, -0.25) is 4.68 Å². The molecule has 8 heteroatoms. The first kappa shape index (κ1) is 17.8. The van der Waals surface area contributed by atoms with E-state index in [4.69, 9.17) is 4.74 Å². The summed E-state index contributed by atoms with van der Waals surface area (Å²) in [6.07, 6.45) is 7.36. The van der Waals surface area contributed by atoms with E-state index in [0.717, 1.165) is 39.6 Å². The van der Waals surface area contributed by atoms with Crippen LogP contribution in [-0.2, 0) is 6.54 Å². The van der Waals surface area contributed by atoms with Gasteiger partial charge in [0.05, 0.1) is 7.11 Å². The van der Waals surface area contributed by atoms with Gasteiger partial charge in [-0.2, -0.15) is 5.10 Å². The van der Waals surface area contributed by atoms with Gasteiger partial charge in [-0.1, -0.05) is 29.5 Å². The van der Waals surface area contributed by atoms with Crippen molar-refractivity contribution in [1.82, 2.24) is 20.0 Å². The summed E-state index contributed by atoms with van der Waals surface area (Å²) in [5.41, 5.74) is 0.979. The lowest BCUT2D eigenvalue weighted by molar-refractivity contribution is 0.415. The lowest BCUT2D eigenvalue weighted by atomic mass is 10.2. The van der Waals surface area contributed by atoms with Gasteiger partial charge in [0, 0.05) is 30.4 Å². The number of anilines is 2. The molecule has 0 bridgehead atoms. The lowest BCUT2D eigenvalue weighted by Gasteiger charge is -2.03. The molecule has 0 aliphatic heterocycles. The molecule has 25 heavy (non-hydrogen) atoms. The first-order chi connectivity index (χ1) is 12.3. The summed E-state index contributed by atoms with van der Waals surface area (Å²) < 4.78 is 8.14. The van der Waals surface area contributed by atoms with E-state index in [1.165, 1.54) is 12.8 Å². The van der Waals surface area contributed by atoms with Gasteiger partial charge in [0.1, 0.15) is 5.75 Å². The molecule has 1 N–H and O–H groups in total. The Bertz CT molecular complexity index is 743. The molecule has 0 unspecified atom stereocenters. The molecule has 1 aromatic carbocycles.